The van der Waals surface area contributed by atoms with Crippen LogP contribution in [0.1, 0.15) is 53.4 Å². The van der Waals surface area contributed by atoms with Gasteiger partial charge in [0.15, 0.2) is 0 Å². The Morgan fingerprint density at radius 3 is 1.94 bits per heavy atom. The molecule has 0 spiro atoms. The fourth-order valence-electron chi connectivity index (χ4n) is 3.41. The summed E-state index contributed by atoms with van der Waals surface area (Å²) >= 11 is 0. The number of hydrogen-bond donors (Lipinski definition) is 1. The van der Waals surface area contributed by atoms with Crippen molar-refractivity contribution in [2.24, 2.45) is 10.8 Å². The largest absolute Gasteiger partial charge is 0.390 e. The molecule has 0 saturated heterocycles. The number of alkyl halides is 3. The van der Waals surface area contributed by atoms with E-state index in [9.17, 15) is 13.2 Å². The quantitative estimate of drug-likeness (QED) is 0.795. The third-order valence-electron chi connectivity index (χ3n) is 3.40. The SMILES string of the molecule is CC1(C)CC(NCCC(F)(F)F)CC(C)(C)C1. The minimum atomic E-state index is -4.05. The Morgan fingerprint density at radius 1 is 1.06 bits per heavy atom. The van der Waals surface area contributed by atoms with Crippen LogP contribution in [0, 0.1) is 10.8 Å². The molecular weight excluding hydrogens is 227 g/mol. The molecule has 0 bridgehead atoms. The topological polar surface area (TPSA) is 12.0 Å². The molecule has 0 radical (unpaired) electrons. The Kier molecular flexibility index (Phi) is 4.17. The van der Waals surface area contributed by atoms with Crippen LogP contribution in [0.4, 0.5) is 13.2 Å². The van der Waals surface area contributed by atoms with E-state index in [2.05, 4.69) is 33.0 Å². The molecule has 1 saturated carbocycles. The molecule has 1 rings (SSSR count). The summed E-state index contributed by atoms with van der Waals surface area (Å²) in [5.41, 5.74) is 0.440. The van der Waals surface area contributed by atoms with Gasteiger partial charge in [-0.25, -0.2) is 0 Å². The lowest BCUT2D eigenvalue weighted by Crippen LogP contribution is -2.44. The van der Waals surface area contributed by atoms with Crippen molar-refractivity contribution in [1.29, 1.82) is 0 Å². The molecule has 1 aliphatic carbocycles. The Hall–Kier alpha value is -0.250. The predicted octanol–water partition coefficient (Wildman–Crippen LogP) is 4.13. The lowest BCUT2D eigenvalue weighted by atomic mass is 9.63. The summed E-state index contributed by atoms with van der Waals surface area (Å²) in [7, 11) is 0. The number of rotatable bonds is 3. The van der Waals surface area contributed by atoms with Gasteiger partial charge in [0.2, 0.25) is 0 Å². The summed E-state index contributed by atoms with van der Waals surface area (Å²) in [6, 6.07) is 0.219. The molecule has 0 aliphatic heterocycles. The molecule has 4 heteroatoms. The van der Waals surface area contributed by atoms with Crippen LogP contribution in [0.5, 0.6) is 0 Å². The van der Waals surface area contributed by atoms with E-state index in [0.717, 1.165) is 19.3 Å². The van der Waals surface area contributed by atoms with E-state index in [4.69, 9.17) is 0 Å². The third-order valence-corrected chi connectivity index (χ3v) is 3.40. The van der Waals surface area contributed by atoms with Crippen LogP contribution in [0.2, 0.25) is 0 Å². The lowest BCUT2D eigenvalue weighted by Gasteiger charge is -2.45. The predicted molar refractivity (Wildman–Crippen MR) is 63.9 cm³/mol. The molecule has 1 aliphatic rings. The van der Waals surface area contributed by atoms with E-state index < -0.39 is 12.6 Å². The van der Waals surface area contributed by atoms with Gasteiger partial charge in [0.05, 0.1) is 6.42 Å². The number of nitrogens with one attached hydrogen (secondary N) is 1. The van der Waals surface area contributed by atoms with Crippen LogP contribution in [0.15, 0.2) is 0 Å². The highest BCUT2D eigenvalue weighted by Gasteiger charge is 2.38. The first-order chi connectivity index (χ1) is 7.49. The van der Waals surface area contributed by atoms with Crippen molar-refractivity contribution >= 4 is 0 Å². The average Bonchev–Trinajstić information content (AvgIpc) is 1.93. The summed E-state index contributed by atoms with van der Waals surface area (Å²) in [4.78, 5) is 0. The average molecular weight is 251 g/mol. The summed E-state index contributed by atoms with van der Waals surface area (Å²) in [5.74, 6) is 0. The van der Waals surface area contributed by atoms with Crippen LogP contribution in [-0.4, -0.2) is 18.8 Å². The van der Waals surface area contributed by atoms with Crippen molar-refractivity contribution in [2.45, 2.75) is 65.6 Å². The Labute approximate surface area is 102 Å². The van der Waals surface area contributed by atoms with E-state index >= 15 is 0 Å². The first kappa shape index (κ1) is 14.8. The molecule has 1 N–H and O–H groups in total. The maximum atomic E-state index is 12.1. The maximum absolute atomic E-state index is 12.1. The highest BCUT2D eigenvalue weighted by molar-refractivity contribution is 4.92. The van der Waals surface area contributed by atoms with Crippen molar-refractivity contribution in [1.82, 2.24) is 5.32 Å². The van der Waals surface area contributed by atoms with Gasteiger partial charge in [-0.15, -0.1) is 0 Å². The van der Waals surface area contributed by atoms with E-state index in [1.807, 2.05) is 0 Å². The zero-order valence-corrected chi connectivity index (χ0v) is 11.2. The summed E-state index contributed by atoms with van der Waals surface area (Å²) in [6.07, 6.45) is -1.71. The van der Waals surface area contributed by atoms with Gasteiger partial charge in [0.25, 0.3) is 0 Å². The fourth-order valence-corrected chi connectivity index (χ4v) is 3.41. The fraction of sp³-hybridized carbons (Fsp3) is 1.00. The Bertz CT molecular complexity index is 240. The smallest absolute Gasteiger partial charge is 0.314 e. The number of hydrogen-bond acceptors (Lipinski definition) is 1. The summed E-state index contributed by atoms with van der Waals surface area (Å²) in [5, 5.41) is 3.07. The Morgan fingerprint density at radius 2 is 1.53 bits per heavy atom. The molecule has 0 aromatic rings. The molecule has 0 heterocycles. The van der Waals surface area contributed by atoms with Gasteiger partial charge in [0.1, 0.15) is 0 Å². The van der Waals surface area contributed by atoms with E-state index in [-0.39, 0.29) is 23.4 Å². The maximum Gasteiger partial charge on any atom is 0.390 e. The highest BCUT2D eigenvalue weighted by atomic mass is 19.4. The van der Waals surface area contributed by atoms with E-state index in [0.29, 0.717) is 0 Å². The second kappa shape index (κ2) is 4.79. The van der Waals surface area contributed by atoms with E-state index in [1.165, 1.54) is 0 Å². The zero-order valence-electron chi connectivity index (χ0n) is 11.2. The van der Waals surface area contributed by atoms with Gasteiger partial charge in [-0.2, -0.15) is 13.2 Å². The first-order valence-electron chi connectivity index (χ1n) is 6.29. The minimum Gasteiger partial charge on any atom is -0.314 e. The van der Waals surface area contributed by atoms with E-state index in [1.54, 1.807) is 0 Å². The first-order valence-corrected chi connectivity index (χ1v) is 6.29. The van der Waals surface area contributed by atoms with Crippen molar-refractivity contribution in [3.05, 3.63) is 0 Å². The van der Waals surface area contributed by atoms with Crippen molar-refractivity contribution < 1.29 is 13.2 Å². The third kappa shape index (κ3) is 5.75. The molecule has 0 amide bonds. The van der Waals surface area contributed by atoms with Crippen LogP contribution >= 0.6 is 0 Å². The van der Waals surface area contributed by atoms with Gasteiger partial charge in [0, 0.05) is 12.6 Å². The Balaban J connectivity index is 2.43. The van der Waals surface area contributed by atoms with Crippen LogP contribution < -0.4 is 5.32 Å². The molecule has 1 nitrogen and oxygen atoms in total. The van der Waals surface area contributed by atoms with Gasteiger partial charge in [-0.3, -0.25) is 0 Å². The minimum absolute atomic E-state index is 0.0420. The zero-order chi connectivity index (χ0) is 13.3. The molecule has 1 fully saturated rings. The van der Waals surface area contributed by atoms with Gasteiger partial charge in [-0.05, 0) is 30.1 Å². The second-order valence-corrected chi connectivity index (χ2v) is 6.93. The highest BCUT2D eigenvalue weighted by Crippen LogP contribution is 2.45. The van der Waals surface area contributed by atoms with Crippen molar-refractivity contribution in [3.8, 4) is 0 Å². The van der Waals surface area contributed by atoms with Crippen LogP contribution in [0.3, 0.4) is 0 Å². The molecule has 0 atom stereocenters. The normalized spacial score (nSPS) is 24.9. The summed E-state index contributed by atoms with van der Waals surface area (Å²) in [6.45, 7) is 8.84. The lowest BCUT2D eigenvalue weighted by molar-refractivity contribution is -0.134. The molecule has 17 heavy (non-hydrogen) atoms. The standard InChI is InChI=1S/C13H24F3N/c1-11(2)7-10(8-12(3,4)9-11)17-6-5-13(14,15)16/h10,17H,5-9H2,1-4H3. The van der Waals surface area contributed by atoms with Crippen LogP contribution in [-0.2, 0) is 0 Å². The molecule has 102 valence electrons. The van der Waals surface area contributed by atoms with Crippen LogP contribution in [0.25, 0.3) is 0 Å². The van der Waals surface area contributed by atoms with Crippen molar-refractivity contribution in [3.63, 3.8) is 0 Å². The molecule has 0 aromatic carbocycles. The molecular formula is C13H24F3N. The molecule has 0 unspecified atom stereocenters. The second-order valence-electron chi connectivity index (χ2n) is 6.93. The molecule has 0 aromatic heterocycles. The van der Waals surface area contributed by atoms with Gasteiger partial charge in [-0.1, -0.05) is 27.7 Å². The van der Waals surface area contributed by atoms with Crippen molar-refractivity contribution in [2.75, 3.05) is 6.54 Å². The number of halogens is 3. The van der Waals surface area contributed by atoms with Gasteiger partial charge < -0.3 is 5.32 Å². The monoisotopic (exact) mass is 251 g/mol. The summed E-state index contributed by atoms with van der Waals surface area (Å²) < 4.78 is 36.2. The van der Waals surface area contributed by atoms with Gasteiger partial charge >= 0.3 is 6.18 Å².